The summed E-state index contributed by atoms with van der Waals surface area (Å²) < 4.78 is 0. The van der Waals surface area contributed by atoms with Crippen molar-refractivity contribution in [2.75, 3.05) is 0 Å². The summed E-state index contributed by atoms with van der Waals surface area (Å²) >= 11 is 0. The predicted molar refractivity (Wildman–Crippen MR) is 64.1 cm³/mol. The third-order valence-corrected chi connectivity index (χ3v) is 2.26. The largest absolute Gasteiger partial charge is 0.376 e. The summed E-state index contributed by atoms with van der Waals surface area (Å²) in [6, 6.07) is 8.45. The maximum Gasteiger partial charge on any atom is 0.376 e. The molecule has 1 aromatic rings. The summed E-state index contributed by atoms with van der Waals surface area (Å²) in [5, 5.41) is 8.66. The fourth-order valence-corrected chi connectivity index (χ4v) is 1.42. The van der Waals surface area contributed by atoms with Crippen LogP contribution in [0.25, 0.3) is 0 Å². The van der Waals surface area contributed by atoms with E-state index in [4.69, 9.17) is 4.89 Å². The van der Waals surface area contributed by atoms with Crippen molar-refractivity contribution >= 4 is 5.97 Å². The standard InChI is InChI=1S/C13H18O5/c1-4-10-13(2,3)16-18-17-15-12(14)11-8-6-5-7-9-11/h5-9H,4,10H2,1-3H3. The third kappa shape index (κ3) is 5.27. The van der Waals surface area contributed by atoms with E-state index in [0.29, 0.717) is 5.56 Å². The van der Waals surface area contributed by atoms with Crippen LogP contribution in [0.15, 0.2) is 30.3 Å². The van der Waals surface area contributed by atoms with Crippen LogP contribution in [0.5, 0.6) is 0 Å². The van der Waals surface area contributed by atoms with Gasteiger partial charge in [-0.1, -0.05) is 31.5 Å². The van der Waals surface area contributed by atoms with Gasteiger partial charge < -0.3 is 0 Å². The summed E-state index contributed by atoms with van der Waals surface area (Å²) in [5.74, 6) is -0.646. The van der Waals surface area contributed by atoms with E-state index in [9.17, 15) is 4.79 Å². The zero-order valence-corrected chi connectivity index (χ0v) is 10.8. The maximum absolute atomic E-state index is 11.4. The highest BCUT2D eigenvalue weighted by Crippen LogP contribution is 2.16. The molecule has 0 radical (unpaired) electrons. The Labute approximate surface area is 106 Å². The van der Waals surface area contributed by atoms with E-state index >= 15 is 0 Å². The Morgan fingerprint density at radius 1 is 1.17 bits per heavy atom. The van der Waals surface area contributed by atoms with Gasteiger partial charge in [-0.2, -0.15) is 4.89 Å². The minimum absolute atomic E-state index is 0.369. The minimum Gasteiger partial charge on any atom is -0.261 e. The molecule has 100 valence electrons. The van der Waals surface area contributed by atoms with Crippen molar-refractivity contribution in [2.24, 2.45) is 0 Å². The molecule has 0 fully saturated rings. The van der Waals surface area contributed by atoms with Crippen molar-refractivity contribution in [3.05, 3.63) is 35.9 Å². The van der Waals surface area contributed by atoms with Crippen molar-refractivity contribution in [2.45, 2.75) is 39.2 Å². The molecule has 0 N–H and O–H groups in total. The zero-order chi connectivity index (χ0) is 13.4. The SMILES string of the molecule is CCCC(C)(C)OOOOC(=O)c1ccccc1. The van der Waals surface area contributed by atoms with Crippen molar-refractivity contribution in [1.29, 1.82) is 0 Å². The summed E-state index contributed by atoms with van der Waals surface area (Å²) in [5.41, 5.74) is -0.123. The molecule has 0 atom stereocenters. The first-order valence-corrected chi connectivity index (χ1v) is 5.83. The fourth-order valence-electron chi connectivity index (χ4n) is 1.42. The molecular formula is C13H18O5. The van der Waals surface area contributed by atoms with E-state index in [2.05, 4.69) is 15.0 Å². The van der Waals surface area contributed by atoms with E-state index in [1.807, 2.05) is 20.8 Å². The topological polar surface area (TPSA) is 54.0 Å². The molecule has 0 saturated heterocycles. The van der Waals surface area contributed by atoms with Gasteiger partial charge in [0.2, 0.25) is 0 Å². The van der Waals surface area contributed by atoms with E-state index in [1.54, 1.807) is 30.3 Å². The van der Waals surface area contributed by atoms with Gasteiger partial charge in [-0.15, -0.1) is 0 Å². The predicted octanol–water partition coefficient (Wildman–Crippen LogP) is 3.22. The zero-order valence-electron chi connectivity index (χ0n) is 10.8. The lowest BCUT2D eigenvalue weighted by Crippen LogP contribution is -2.24. The van der Waals surface area contributed by atoms with Gasteiger partial charge in [0, 0.05) is 5.04 Å². The molecule has 5 nitrogen and oxygen atoms in total. The molecule has 0 unspecified atom stereocenters. The number of benzene rings is 1. The Balaban J connectivity index is 2.25. The molecule has 1 rings (SSSR count). The van der Waals surface area contributed by atoms with Crippen molar-refractivity contribution in [3.63, 3.8) is 0 Å². The normalized spacial score (nSPS) is 11.3. The molecule has 18 heavy (non-hydrogen) atoms. The molecule has 0 saturated carbocycles. The molecule has 1 aromatic carbocycles. The van der Waals surface area contributed by atoms with Crippen LogP contribution in [0.3, 0.4) is 0 Å². The van der Waals surface area contributed by atoms with Gasteiger partial charge in [-0.05, 0) is 37.4 Å². The summed E-state index contributed by atoms with van der Waals surface area (Å²) in [7, 11) is 0. The first-order chi connectivity index (χ1) is 8.55. The van der Waals surface area contributed by atoms with E-state index < -0.39 is 11.6 Å². The second-order valence-electron chi connectivity index (χ2n) is 4.47. The molecule has 0 heterocycles. The van der Waals surface area contributed by atoms with Gasteiger partial charge in [0.05, 0.1) is 5.56 Å². The Morgan fingerprint density at radius 2 is 1.83 bits per heavy atom. The second-order valence-corrected chi connectivity index (χ2v) is 4.47. The van der Waals surface area contributed by atoms with Crippen LogP contribution < -0.4 is 0 Å². The lowest BCUT2D eigenvalue weighted by atomic mass is 10.0. The van der Waals surface area contributed by atoms with Gasteiger partial charge >= 0.3 is 5.97 Å². The molecule has 0 spiro atoms. The lowest BCUT2D eigenvalue weighted by molar-refractivity contribution is -0.633. The van der Waals surface area contributed by atoms with Gasteiger partial charge in [-0.3, -0.25) is 4.89 Å². The molecule has 0 bridgehead atoms. The molecule has 5 heteroatoms. The van der Waals surface area contributed by atoms with Crippen LogP contribution in [0.4, 0.5) is 0 Å². The van der Waals surface area contributed by atoms with Crippen LogP contribution in [-0.4, -0.2) is 11.6 Å². The van der Waals surface area contributed by atoms with E-state index in [-0.39, 0.29) is 0 Å². The Bertz CT molecular complexity index is 361. The summed E-state index contributed by atoms with van der Waals surface area (Å²) in [6.45, 7) is 5.72. The molecule has 0 amide bonds. The molecule has 0 aromatic heterocycles. The molecule has 0 aliphatic carbocycles. The lowest BCUT2D eigenvalue weighted by Gasteiger charge is -2.20. The number of rotatable bonds is 7. The Kier molecular flexibility index (Phi) is 5.77. The molecular weight excluding hydrogens is 236 g/mol. The van der Waals surface area contributed by atoms with Crippen LogP contribution >= 0.6 is 0 Å². The van der Waals surface area contributed by atoms with Gasteiger partial charge in [0.15, 0.2) is 0 Å². The fraction of sp³-hybridized carbons (Fsp3) is 0.462. The number of carbonyl (C=O) groups is 1. The van der Waals surface area contributed by atoms with Gasteiger partial charge in [0.1, 0.15) is 5.60 Å². The summed E-state index contributed by atoms with van der Waals surface area (Å²) in [4.78, 5) is 20.8. The number of carbonyl (C=O) groups excluding carboxylic acids is 1. The first kappa shape index (κ1) is 14.6. The number of hydrogen-bond donors (Lipinski definition) is 0. The monoisotopic (exact) mass is 254 g/mol. The summed E-state index contributed by atoms with van der Waals surface area (Å²) in [6.07, 6.45) is 1.74. The highest BCUT2D eigenvalue weighted by molar-refractivity contribution is 5.88. The van der Waals surface area contributed by atoms with Crippen LogP contribution in [0.2, 0.25) is 0 Å². The average molecular weight is 254 g/mol. The minimum atomic E-state index is -0.646. The van der Waals surface area contributed by atoms with Crippen molar-refractivity contribution in [1.82, 2.24) is 0 Å². The maximum atomic E-state index is 11.4. The van der Waals surface area contributed by atoms with Crippen molar-refractivity contribution < 1.29 is 24.6 Å². The third-order valence-electron chi connectivity index (χ3n) is 2.26. The highest BCUT2D eigenvalue weighted by atomic mass is 17.7. The van der Waals surface area contributed by atoms with Crippen LogP contribution in [0.1, 0.15) is 44.0 Å². The van der Waals surface area contributed by atoms with E-state index in [0.717, 1.165) is 12.8 Å². The smallest absolute Gasteiger partial charge is 0.261 e. The van der Waals surface area contributed by atoms with Crippen molar-refractivity contribution in [3.8, 4) is 0 Å². The first-order valence-electron chi connectivity index (χ1n) is 5.83. The molecule has 0 aliphatic heterocycles. The van der Waals surface area contributed by atoms with Crippen LogP contribution in [-0.2, 0) is 19.9 Å². The number of hydrogen-bond acceptors (Lipinski definition) is 5. The Morgan fingerprint density at radius 3 is 2.44 bits per heavy atom. The van der Waals surface area contributed by atoms with Crippen LogP contribution in [0, 0.1) is 0 Å². The average Bonchev–Trinajstić information content (AvgIpc) is 2.35. The molecule has 0 aliphatic rings. The second kappa shape index (κ2) is 7.10. The van der Waals surface area contributed by atoms with Gasteiger partial charge in [-0.25, -0.2) is 4.79 Å². The van der Waals surface area contributed by atoms with Gasteiger partial charge in [0.25, 0.3) is 0 Å². The quantitative estimate of drug-likeness (QED) is 0.425. The van der Waals surface area contributed by atoms with E-state index in [1.165, 1.54) is 0 Å². The highest BCUT2D eigenvalue weighted by Gasteiger charge is 2.20. The Hall–Kier alpha value is -1.43.